The number of hydrogen-bond acceptors (Lipinski definition) is 3. The first-order valence-corrected chi connectivity index (χ1v) is 9.02. The minimum Gasteiger partial charge on any atom is -0.493 e. The van der Waals surface area contributed by atoms with Gasteiger partial charge in [-0.15, -0.1) is 0 Å². The molecule has 134 valence electrons. The zero-order chi connectivity index (χ0) is 17.4. The number of guanidine groups is 1. The lowest BCUT2D eigenvalue weighted by molar-refractivity contribution is 0.310. The zero-order valence-corrected chi connectivity index (χ0v) is 15.4. The van der Waals surface area contributed by atoms with Crippen molar-refractivity contribution in [2.75, 3.05) is 26.8 Å². The molecule has 0 heterocycles. The molecule has 0 amide bonds. The predicted octanol–water partition coefficient (Wildman–Crippen LogP) is 2.99. The van der Waals surface area contributed by atoms with Crippen LogP contribution in [0.2, 0.25) is 0 Å². The molecule has 2 N–H and O–H groups in total. The lowest BCUT2D eigenvalue weighted by Crippen LogP contribution is -2.39. The van der Waals surface area contributed by atoms with Crippen molar-refractivity contribution in [3.8, 4) is 11.5 Å². The molecule has 5 heteroatoms. The van der Waals surface area contributed by atoms with Gasteiger partial charge in [-0.3, -0.25) is 4.99 Å². The molecule has 0 aliphatic heterocycles. The maximum absolute atomic E-state index is 5.63. The number of hydrogen-bond donors (Lipinski definition) is 2. The third-order valence-electron chi connectivity index (χ3n) is 4.20. The van der Waals surface area contributed by atoms with Crippen molar-refractivity contribution in [2.24, 2.45) is 10.9 Å². The van der Waals surface area contributed by atoms with Gasteiger partial charge >= 0.3 is 0 Å². The van der Waals surface area contributed by atoms with Gasteiger partial charge in [-0.25, -0.2) is 0 Å². The summed E-state index contributed by atoms with van der Waals surface area (Å²) in [6.45, 7) is 8.69. The maximum Gasteiger partial charge on any atom is 0.191 e. The summed E-state index contributed by atoms with van der Waals surface area (Å²) in [6.07, 6.45) is 3.23. The van der Waals surface area contributed by atoms with Gasteiger partial charge < -0.3 is 20.1 Å². The van der Waals surface area contributed by atoms with Crippen LogP contribution in [0, 0.1) is 5.92 Å². The molecule has 0 spiro atoms. The Morgan fingerprint density at radius 2 is 2.08 bits per heavy atom. The molecule has 1 aliphatic rings. The van der Waals surface area contributed by atoms with E-state index >= 15 is 0 Å². The van der Waals surface area contributed by atoms with Gasteiger partial charge in [0, 0.05) is 19.1 Å². The second kappa shape index (κ2) is 9.40. The Kier molecular flexibility index (Phi) is 7.22. The van der Waals surface area contributed by atoms with Gasteiger partial charge in [-0.05, 0) is 56.7 Å². The van der Waals surface area contributed by atoms with Gasteiger partial charge in [0.05, 0.1) is 13.7 Å². The van der Waals surface area contributed by atoms with Gasteiger partial charge in [0.15, 0.2) is 17.5 Å². The normalized spacial score (nSPS) is 19.8. The second-order valence-electron chi connectivity index (χ2n) is 6.25. The Morgan fingerprint density at radius 1 is 1.29 bits per heavy atom. The molecule has 0 bridgehead atoms. The van der Waals surface area contributed by atoms with E-state index in [9.17, 15) is 0 Å². The minimum atomic E-state index is 0.595. The molecule has 5 nitrogen and oxygen atoms in total. The first kappa shape index (κ1) is 18.4. The van der Waals surface area contributed by atoms with E-state index in [4.69, 9.17) is 9.47 Å². The Hall–Kier alpha value is -1.91. The molecule has 2 rings (SSSR count). The van der Waals surface area contributed by atoms with Crippen LogP contribution in [0.15, 0.2) is 23.2 Å². The van der Waals surface area contributed by atoms with Crippen LogP contribution in [-0.2, 0) is 6.42 Å². The van der Waals surface area contributed by atoms with Crippen molar-refractivity contribution in [2.45, 2.75) is 46.1 Å². The van der Waals surface area contributed by atoms with Crippen LogP contribution >= 0.6 is 0 Å². The quantitative estimate of drug-likeness (QED) is 0.414. The zero-order valence-electron chi connectivity index (χ0n) is 15.4. The van der Waals surface area contributed by atoms with E-state index in [-0.39, 0.29) is 0 Å². The Labute approximate surface area is 145 Å². The van der Waals surface area contributed by atoms with E-state index in [0.29, 0.717) is 12.6 Å². The maximum atomic E-state index is 5.63. The SMILES string of the molecule is CCNC(=NCCCc1ccc(OC)c(OCC)c1)NC1CC1C. The molecule has 0 saturated heterocycles. The predicted molar refractivity (Wildman–Crippen MR) is 99.2 cm³/mol. The third kappa shape index (κ3) is 5.62. The van der Waals surface area contributed by atoms with E-state index in [2.05, 4.69) is 41.6 Å². The van der Waals surface area contributed by atoms with E-state index < -0.39 is 0 Å². The van der Waals surface area contributed by atoms with Crippen LogP contribution in [0.1, 0.15) is 39.2 Å². The summed E-state index contributed by atoms with van der Waals surface area (Å²) in [4.78, 5) is 4.67. The molecule has 2 atom stereocenters. The highest BCUT2D eigenvalue weighted by atomic mass is 16.5. The summed E-state index contributed by atoms with van der Waals surface area (Å²) in [5.41, 5.74) is 1.25. The van der Waals surface area contributed by atoms with Crippen LogP contribution in [0.4, 0.5) is 0 Å². The molecule has 24 heavy (non-hydrogen) atoms. The summed E-state index contributed by atoms with van der Waals surface area (Å²) < 4.78 is 11.0. The number of nitrogens with one attached hydrogen (secondary N) is 2. The minimum absolute atomic E-state index is 0.595. The third-order valence-corrected chi connectivity index (χ3v) is 4.20. The fraction of sp³-hybridized carbons (Fsp3) is 0.632. The van der Waals surface area contributed by atoms with Crippen molar-refractivity contribution >= 4 is 5.96 Å². The fourth-order valence-corrected chi connectivity index (χ4v) is 2.64. The number of methoxy groups -OCH3 is 1. The van der Waals surface area contributed by atoms with Crippen LogP contribution in [0.25, 0.3) is 0 Å². The number of aliphatic imine (C=N–C) groups is 1. The van der Waals surface area contributed by atoms with Gasteiger partial charge in [-0.1, -0.05) is 13.0 Å². The summed E-state index contributed by atoms with van der Waals surface area (Å²) in [5.74, 6) is 3.32. The molecule has 1 saturated carbocycles. The highest BCUT2D eigenvalue weighted by molar-refractivity contribution is 5.80. The molecule has 1 fully saturated rings. The largest absolute Gasteiger partial charge is 0.493 e. The van der Waals surface area contributed by atoms with Crippen molar-refractivity contribution in [3.63, 3.8) is 0 Å². The molecular formula is C19H31N3O2. The van der Waals surface area contributed by atoms with E-state index in [0.717, 1.165) is 49.3 Å². The monoisotopic (exact) mass is 333 g/mol. The highest BCUT2D eigenvalue weighted by Gasteiger charge is 2.33. The Morgan fingerprint density at radius 3 is 2.71 bits per heavy atom. The van der Waals surface area contributed by atoms with Crippen LogP contribution in [-0.4, -0.2) is 38.8 Å². The molecule has 0 aromatic heterocycles. The van der Waals surface area contributed by atoms with E-state index in [1.54, 1.807) is 7.11 Å². The number of ether oxygens (including phenoxy) is 2. The van der Waals surface area contributed by atoms with Crippen molar-refractivity contribution < 1.29 is 9.47 Å². The van der Waals surface area contributed by atoms with Gasteiger partial charge in [0.2, 0.25) is 0 Å². The van der Waals surface area contributed by atoms with E-state index in [1.807, 2.05) is 13.0 Å². The topological polar surface area (TPSA) is 54.9 Å². The summed E-state index contributed by atoms with van der Waals surface area (Å²) in [5, 5.41) is 6.80. The molecule has 1 aromatic carbocycles. The van der Waals surface area contributed by atoms with Crippen molar-refractivity contribution in [1.29, 1.82) is 0 Å². The number of nitrogens with zero attached hydrogens (tertiary/aromatic N) is 1. The highest BCUT2D eigenvalue weighted by Crippen LogP contribution is 2.29. The van der Waals surface area contributed by atoms with Gasteiger partial charge in [-0.2, -0.15) is 0 Å². The van der Waals surface area contributed by atoms with Crippen LogP contribution < -0.4 is 20.1 Å². The second-order valence-corrected chi connectivity index (χ2v) is 6.25. The first-order valence-electron chi connectivity index (χ1n) is 9.02. The molecular weight excluding hydrogens is 302 g/mol. The summed E-state index contributed by atoms with van der Waals surface area (Å²) in [7, 11) is 1.67. The number of aryl methyl sites for hydroxylation is 1. The van der Waals surface area contributed by atoms with Crippen LogP contribution in [0.3, 0.4) is 0 Å². The lowest BCUT2D eigenvalue weighted by Gasteiger charge is -2.12. The first-order chi connectivity index (χ1) is 11.7. The Balaban J connectivity index is 1.83. The van der Waals surface area contributed by atoms with Gasteiger partial charge in [0.25, 0.3) is 0 Å². The fourth-order valence-electron chi connectivity index (χ4n) is 2.64. The Bertz CT molecular complexity index is 545. The number of rotatable bonds is 9. The van der Waals surface area contributed by atoms with Gasteiger partial charge in [0.1, 0.15) is 0 Å². The number of benzene rings is 1. The molecule has 2 unspecified atom stereocenters. The summed E-state index contributed by atoms with van der Waals surface area (Å²) >= 11 is 0. The molecule has 0 radical (unpaired) electrons. The average molecular weight is 333 g/mol. The van der Waals surface area contributed by atoms with Crippen molar-refractivity contribution in [3.05, 3.63) is 23.8 Å². The molecule has 1 aromatic rings. The van der Waals surface area contributed by atoms with Crippen molar-refractivity contribution in [1.82, 2.24) is 10.6 Å². The van der Waals surface area contributed by atoms with E-state index in [1.165, 1.54) is 12.0 Å². The average Bonchev–Trinajstić information content (AvgIpc) is 3.27. The lowest BCUT2D eigenvalue weighted by atomic mass is 10.1. The molecule has 1 aliphatic carbocycles. The smallest absolute Gasteiger partial charge is 0.191 e. The summed E-state index contributed by atoms with van der Waals surface area (Å²) in [6, 6.07) is 6.74. The van der Waals surface area contributed by atoms with Crippen LogP contribution in [0.5, 0.6) is 11.5 Å². The standard InChI is InChI=1S/C19H31N3O2/c1-5-20-19(22-16-12-14(16)3)21-11-7-8-15-9-10-17(23-4)18(13-15)24-6-2/h9-10,13-14,16H,5-8,11-12H2,1-4H3,(H2,20,21,22).